The molecule has 0 saturated heterocycles. The van der Waals surface area contributed by atoms with Gasteiger partial charge in [-0.1, -0.05) is 29.8 Å². The molecule has 1 aromatic carbocycles. The normalized spacial score (nSPS) is 21.8. The number of carbonyl (C=O) groups excluding carboxylic acids is 1. The highest BCUT2D eigenvalue weighted by Crippen LogP contribution is 2.37. The lowest BCUT2D eigenvalue weighted by Gasteiger charge is -2.31. The monoisotopic (exact) mass is 300 g/mol. The van der Waals surface area contributed by atoms with E-state index in [4.69, 9.17) is 10.5 Å². The van der Waals surface area contributed by atoms with E-state index >= 15 is 0 Å². The Morgan fingerprint density at radius 2 is 1.95 bits per heavy atom. The van der Waals surface area contributed by atoms with Crippen molar-refractivity contribution < 1.29 is 9.53 Å². The van der Waals surface area contributed by atoms with Crippen LogP contribution in [0, 0.1) is 12.8 Å². The minimum atomic E-state index is -0.465. The van der Waals surface area contributed by atoms with Crippen molar-refractivity contribution in [2.45, 2.75) is 46.6 Å². The van der Waals surface area contributed by atoms with Gasteiger partial charge in [0.25, 0.3) is 0 Å². The van der Waals surface area contributed by atoms with E-state index in [1.165, 1.54) is 0 Å². The zero-order chi connectivity index (χ0) is 16.4. The molecule has 0 amide bonds. The van der Waals surface area contributed by atoms with Crippen LogP contribution in [0.25, 0.3) is 0 Å². The molecule has 0 saturated carbocycles. The average Bonchev–Trinajstić information content (AvgIpc) is 2.41. The van der Waals surface area contributed by atoms with E-state index in [9.17, 15) is 4.79 Å². The molecule has 1 heterocycles. The van der Waals surface area contributed by atoms with E-state index in [1.807, 2.05) is 52.8 Å². The second kappa shape index (κ2) is 6.34. The summed E-state index contributed by atoms with van der Waals surface area (Å²) in [6.07, 6.45) is -0.160. The Balaban J connectivity index is 2.49. The summed E-state index contributed by atoms with van der Waals surface area (Å²) in [4.78, 5) is 17.0. The van der Waals surface area contributed by atoms with Crippen LogP contribution in [0.1, 0.15) is 44.7 Å². The van der Waals surface area contributed by atoms with Crippen LogP contribution >= 0.6 is 0 Å². The van der Waals surface area contributed by atoms with Gasteiger partial charge in [-0.2, -0.15) is 0 Å². The van der Waals surface area contributed by atoms with Gasteiger partial charge < -0.3 is 10.5 Å². The molecule has 22 heavy (non-hydrogen) atoms. The molecule has 0 aromatic heterocycles. The summed E-state index contributed by atoms with van der Waals surface area (Å²) in [7, 11) is 0. The third-order valence-corrected chi connectivity index (χ3v) is 3.89. The largest absolute Gasteiger partial charge is 0.462 e. The van der Waals surface area contributed by atoms with Gasteiger partial charge in [-0.3, -0.25) is 9.79 Å². The summed E-state index contributed by atoms with van der Waals surface area (Å²) in [5, 5.41) is 0. The summed E-state index contributed by atoms with van der Waals surface area (Å²) in [6, 6.07) is 8.09. The van der Waals surface area contributed by atoms with E-state index in [1.54, 1.807) is 0 Å². The Morgan fingerprint density at radius 1 is 1.27 bits per heavy atom. The molecule has 1 aromatic rings. The van der Waals surface area contributed by atoms with Crippen LogP contribution in [-0.2, 0) is 9.53 Å². The van der Waals surface area contributed by atoms with Gasteiger partial charge in [0.05, 0.1) is 11.8 Å². The Kier molecular flexibility index (Phi) is 4.69. The number of nitrogens with two attached hydrogens (primary N) is 1. The minimum absolute atomic E-state index is 0.160. The summed E-state index contributed by atoms with van der Waals surface area (Å²) < 4.78 is 5.43. The molecule has 1 aliphatic rings. The van der Waals surface area contributed by atoms with Gasteiger partial charge in [0.1, 0.15) is 5.92 Å². The van der Waals surface area contributed by atoms with Gasteiger partial charge in [-0.25, -0.2) is 0 Å². The number of aryl methyl sites for hydroxylation is 1. The van der Waals surface area contributed by atoms with Gasteiger partial charge in [0.15, 0.2) is 0 Å². The number of hydrogen-bond donors (Lipinski definition) is 1. The fraction of sp³-hybridized carbons (Fsp3) is 0.444. The smallest absolute Gasteiger partial charge is 0.315 e. The summed E-state index contributed by atoms with van der Waals surface area (Å²) in [5.74, 6) is -0.949. The van der Waals surface area contributed by atoms with Crippen molar-refractivity contribution in [1.82, 2.24) is 0 Å². The molecule has 118 valence electrons. The Hall–Kier alpha value is -2.10. The fourth-order valence-corrected chi connectivity index (χ4v) is 2.89. The van der Waals surface area contributed by atoms with Crippen LogP contribution in [0.15, 0.2) is 40.7 Å². The first-order valence-electron chi connectivity index (χ1n) is 7.59. The molecule has 2 N–H and O–H groups in total. The molecule has 2 rings (SSSR count). The lowest BCUT2D eigenvalue weighted by molar-refractivity contribution is -0.150. The molecule has 0 aliphatic carbocycles. The second-order valence-electron chi connectivity index (χ2n) is 6.15. The first-order chi connectivity index (χ1) is 10.3. The molecule has 0 fully saturated rings. The summed E-state index contributed by atoms with van der Waals surface area (Å²) in [6.45, 7) is 9.47. The minimum Gasteiger partial charge on any atom is -0.462 e. The zero-order valence-corrected chi connectivity index (χ0v) is 13.9. The van der Waals surface area contributed by atoms with Crippen molar-refractivity contribution in [2.24, 2.45) is 16.6 Å². The number of hydrogen-bond acceptors (Lipinski definition) is 4. The lowest BCUT2D eigenvalue weighted by Crippen LogP contribution is -2.37. The topological polar surface area (TPSA) is 64.7 Å². The first kappa shape index (κ1) is 16.3. The highest BCUT2D eigenvalue weighted by Gasteiger charge is 2.38. The third kappa shape index (κ3) is 3.21. The van der Waals surface area contributed by atoms with E-state index in [0.717, 1.165) is 22.5 Å². The first-order valence-corrected chi connectivity index (χ1v) is 7.59. The van der Waals surface area contributed by atoms with Crippen molar-refractivity contribution in [3.63, 3.8) is 0 Å². The van der Waals surface area contributed by atoms with Crippen molar-refractivity contribution >= 4 is 11.7 Å². The van der Waals surface area contributed by atoms with Crippen molar-refractivity contribution in [3.05, 3.63) is 46.8 Å². The summed E-state index contributed by atoms with van der Waals surface area (Å²) >= 11 is 0. The van der Waals surface area contributed by atoms with Gasteiger partial charge in [-0.05, 0) is 40.2 Å². The molecule has 0 radical (unpaired) electrons. The maximum atomic E-state index is 12.6. The van der Waals surface area contributed by atoms with Gasteiger partial charge in [0, 0.05) is 17.3 Å². The van der Waals surface area contributed by atoms with Crippen LogP contribution in [-0.4, -0.2) is 17.8 Å². The van der Waals surface area contributed by atoms with Crippen LogP contribution in [0.4, 0.5) is 0 Å². The maximum absolute atomic E-state index is 12.6. The number of benzene rings is 1. The fourth-order valence-electron chi connectivity index (χ4n) is 2.89. The summed E-state index contributed by atoms with van der Waals surface area (Å²) in [5.41, 5.74) is 10.6. The van der Waals surface area contributed by atoms with E-state index < -0.39 is 5.92 Å². The highest BCUT2D eigenvalue weighted by atomic mass is 16.5. The molecular formula is C18H24N2O2. The molecule has 0 bridgehead atoms. The van der Waals surface area contributed by atoms with Crippen LogP contribution < -0.4 is 5.73 Å². The van der Waals surface area contributed by atoms with Crippen molar-refractivity contribution in [3.8, 4) is 0 Å². The molecule has 0 spiro atoms. The Morgan fingerprint density at radius 3 is 2.55 bits per heavy atom. The molecule has 4 heteroatoms. The third-order valence-electron chi connectivity index (χ3n) is 3.89. The molecule has 2 unspecified atom stereocenters. The molecule has 1 aliphatic heterocycles. The predicted octanol–water partition coefficient (Wildman–Crippen LogP) is 3.31. The quantitative estimate of drug-likeness (QED) is 0.871. The molecule has 4 nitrogen and oxygen atoms in total. The predicted molar refractivity (Wildman–Crippen MR) is 88.6 cm³/mol. The number of nitrogens with zero attached hydrogens (tertiary/aromatic N) is 1. The van der Waals surface area contributed by atoms with Gasteiger partial charge in [-0.15, -0.1) is 0 Å². The van der Waals surface area contributed by atoms with Gasteiger partial charge in [0.2, 0.25) is 0 Å². The number of aliphatic imine (C=N–C) groups is 1. The maximum Gasteiger partial charge on any atom is 0.315 e. The van der Waals surface area contributed by atoms with Crippen LogP contribution in [0.3, 0.4) is 0 Å². The SMILES string of the molecule is CC1=NC(C)=C(N)C(c2cccc(C)c2)C1C(=O)OC(C)C. The van der Waals surface area contributed by atoms with E-state index in [-0.39, 0.29) is 18.0 Å². The lowest BCUT2D eigenvalue weighted by atomic mass is 9.78. The number of ether oxygens (including phenoxy) is 1. The Bertz CT molecular complexity index is 644. The molecule has 2 atom stereocenters. The van der Waals surface area contributed by atoms with E-state index in [2.05, 4.69) is 11.1 Å². The van der Waals surface area contributed by atoms with Crippen molar-refractivity contribution in [2.75, 3.05) is 0 Å². The second-order valence-corrected chi connectivity index (χ2v) is 6.15. The van der Waals surface area contributed by atoms with Gasteiger partial charge >= 0.3 is 5.97 Å². The standard InChI is InChI=1S/C18H24N2O2/c1-10(2)22-18(21)15-12(4)20-13(5)17(19)16(15)14-8-6-7-11(3)9-14/h6-10,15-16H,19H2,1-5H3. The number of carbonyl (C=O) groups is 1. The highest BCUT2D eigenvalue weighted by molar-refractivity contribution is 6.03. The number of allylic oxidation sites excluding steroid dienone is 2. The Labute approximate surface area is 132 Å². The van der Waals surface area contributed by atoms with E-state index in [0.29, 0.717) is 5.70 Å². The van der Waals surface area contributed by atoms with Crippen molar-refractivity contribution in [1.29, 1.82) is 0 Å². The van der Waals surface area contributed by atoms with Crippen LogP contribution in [0.5, 0.6) is 0 Å². The molecular weight excluding hydrogens is 276 g/mol. The number of rotatable bonds is 3. The average molecular weight is 300 g/mol. The van der Waals surface area contributed by atoms with Crippen LogP contribution in [0.2, 0.25) is 0 Å². The number of esters is 1. The zero-order valence-electron chi connectivity index (χ0n) is 13.9.